The number of amides is 1. The van der Waals surface area contributed by atoms with Crippen molar-refractivity contribution in [1.82, 2.24) is 9.88 Å². The fourth-order valence-electron chi connectivity index (χ4n) is 2.17. The molecule has 3 N–H and O–H groups in total. The van der Waals surface area contributed by atoms with E-state index < -0.39 is 29.6 Å². The van der Waals surface area contributed by atoms with Gasteiger partial charge in [-0.05, 0) is 19.1 Å². The van der Waals surface area contributed by atoms with Gasteiger partial charge in [-0.2, -0.15) is 0 Å². The molecule has 7 nitrogen and oxygen atoms in total. The lowest BCUT2D eigenvalue weighted by Crippen LogP contribution is -2.42. The van der Waals surface area contributed by atoms with Gasteiger partial charge in [-0.3, -0.25) is 9.59 Å². The summed E-state index contributed by atoms with van der Waals surface area (Å²) in [4.78, 5) is 38.4. The van der Waals surface area contributed by atoms with Crippen molar-refractivity contribution in [3.05, 3.63) is 33.7 Å². The molecule has 1 amide bonds. The lowest BCUT2D eigenvalue weighted by atomic mass is 10.2. The Balaban J connectivity index is 2.33. The fraction of sp³-hybridized carbons (Fsp3) is 0.417. The first-order chi connectivity index (χ1) is 8.90. The Labute approximate surface area is 108 Å². The first-order valence-electron chi connectivity index (χ1n) is 5.82. The highest BCUT2D eigenvalue weighted by atomic mass is 16.4. The molecule has 2 rings (SSSR count). The number of nitrogens with zero attached hydrogens (tertiary/aromatic N) is 1. The van der Waals surface area contributed by atoms with E-state index >= 15 is 0 Å². The summed E-state index contributed by atoms with van der Waals surface area (Å²) in [5, 5.41) is 18.5. The fourth-order valence-corrected chi connectivity index (χ4v) is 2.17. The second-order valence-electron chi connectivity index (χ2n) is 4.59. The van der Waals surface area contributed by atoms with Crippen molar-refractivity contribution in [3.63, 3.8) is 0 Å². The largest absolute Gasteiger partial charge is 0.480 e. The van der Waals surface area contributed by atoms with Crippen molar-refractivity contribution >= 4 is 11.9 Å². The monoisotopic (exact) mass is 266 g/mol. The third-order valence-corrected chi connectivity index (χ3v) is 3.11. The van der Waals surface area contributed by atoms with Crippen LogP contribution in [0.25, 0.3) is 0 Å². The zero-order valence-electron chi connectivity index (χ0n) is 10.3. The molecule has 1 unspecified atom stereocenters. The van der Waals surface area contributed by atoms with Gasteiger partial charge in [0.15, 0.2) is 0 Å². The van der Waals surface area contributed by atoms with E-state index in [1.165, 1.54) is 6.07 Å². The Morgan fingerprint density at radius 1 is 1.42 bits per heavy atom. The molecular weight excluding hydrogens is 252 g/mol. The average Bonchev–Trinajstić information content (AvgIpc) is 2.70. The van der Waals surface area contributed by atoms with Crippen molar-refractivity contribution < 1.29 is 19.8 Å². The number of nitrogens with one attached hydrogen (secondary N) is 1. The number of β-amino-alcohol motifs (C(OH)–C–C–N with tert-alkyl or cyclic N) is 1. The summed E-state index contributed by atoms with van der Waals surface area (Å²) in [5.41, 5.74) is -0.0701. The molecule has 1 aromatic rings. The number of carboxylic acids is 1. The second-order valence-corrected chi connectivity index (χ2v) is 4.59. The number of pyridine rings is 1. The van der Waals surface area contributed by atoms with Crippen molar-refractivity contribution in [2.75, 3.05) is 6.54 Å². The van der Waals surface area contributed by atoms with Crippen LogP contribution < -0.4 is 5.56 Å². The number of aliphatic hydroxyl groups excluding tert-OH is 1. The molecule has 0 bridgehead atoms. The van der Waals surface area contributed by atoms with Crippen LogP contribution in [0, 0.1) is 6.92 Å². The van der Waals surface area contributed by atoms with Crippen molar-refractivity contribution in [2.24, 2.45) is 0 Å². The number of aryl methyl sites for hydroxylation is 1. The van der Waals surface area contributed by atoms with E-state index in [0.717, 1.165) is 4.90 Å². The van der Waals surface area contributed by atoms with Gasteiger partial charge in [-0.1, -0.05) is 0 Å². The van der Waals surface area contributed by atoms with Gasteiger partial charge < -0.3 is 20.1 Å². The summed E-state index contributed by atoms with van der Waals surface area (Å²) in [6.07, 6.45) is -0.903. The number of aliphatic hydroxyl groups is 1. The van der Waals surface area contributed by atoms with Gasteiger partial charge in [0.25, 0.3) is 11.5 Å². The topological polar surface area (TPSA) is 111 Å². The highest BCUT2D eigenvalue weighted by molar-refractivity contribution is 5.96. The summed E-state index contributed by atoms with van der Waals surface area (Å²) < 4.78 is 0. The lowest BCUT2D eigenvalue weighted by Gasteiger charge is -2.20. The SMILES string of the molecule is Cc1ccc(C(=O)N2CC(O)C[C@H]2C(=O)O)c(=O)[nH]1. The highest BCUT2D eigenvalue weighted by Crippen LogP contribution is 2.20. The molecule has 102 valence electrons. The summed E-state index contributed by atoms with van der Waals surface area (Å²) in [6, 6.07) is 1.83. The van der Waals surface area contributed by atoms with Crippen LogP contribution in [0.15, 0.2) is 16.9 Å². The third kappa shape index (κ3) is 2.50. The van der Waals surface area contributed by atoms with E-state index in [4.69, 9.17) is 5.11 Å². The normalized spacial score (nSPS) is 22.5. The van der Waals surface area contributed by atoms with Gasteiger partial charge in [-0.25, -0.2) is 4.79 Å². The Hall–Kier alpha value is -2.15. The standard InChI is InChI=1S/C12H14N2O5/c1-6-2-3-8(10(16)13-6)11(17)14-5-7(15)4-9(14)12(18)19/h2-3,7,9,15H,4-5H2,1H3,(H,13,16)(H,18,19)/t7?,9-/m0/s1. The molecule has 2 atom stereocenters. The first kappa shape index (κ1) is 13.3. The van der Waals surface area contributed by atoms with Gasteiger partial charge in [0.05, 0.1) is 6.10 Å². The van der Waals surface area contributed by atoms with E-state index in [9.17, 15) is 19.5 Å². The molecule has 2 heterocycles. The zero-order chi connectivity index (χ0) is 14.2. The number of H-pyrrole nitrogens is 1. The molecule has 0 spiro atoms. The summed E-state index contributed by atoms with van der Waals surface area (Å²) in [7, 11) is 0. The van der Waals surface area contributed by atoms with Crippen LogP contribution in [0.4, 0.5) is 0 Å². The number of carboxylic acid groups (broad SMARTS) is 1. The Morgan fingerprint density at radius 2 is 2.11 bits per heavy atom. The highest BCUT2D eigenvalue weighted by Gasteiger charge is 2.39. The van der Waals surface area contributed by atoms with Gasteiger partial charge in [0.1, 0.15) is 11.6 Å². The van der Waals surface area contributed by atoms with E-state index in [1.54, 1.807) is 13.0 Å². The van der Waals surface area contributed by atoms with Crippen molar-refractivity contribution in [2.45, 2.75) is 25.5 Å². The summed E-state index contributed by atoms with van der Waals surface area (Å²) >= 11 is 0. The minimum absolute atomic E-state index is 0.0230. The summed E-state index contributed by atoms with van der Waals surface area (Å²) in [5.74, 6) is -1.86. The minimum atomic E-state index is -1.19. The van der Waals surface area contributed by atoms with Gasteiger partial charge >= 0.3 is 5.97 Å². The van der Waals surface area contributed by atoms with Crippen LogP contribution in [0.5, 0.6) is 0 Å². The number of hydrogen-bond acceptors (Lipinski definition) is 4. The number of aromatic amines is 1. The number of hydrogen-bond donors (Lipinski definition) is 3. The molecular formula is C12H14N2O5. The molecule has 0 aliphatic carbocycles. The number of aliphatic carboxylic acids is 1. The maximum absolute atomic E-state index is 12.2. The second kappa shape index (κ2) is 4.85. The van der Waals surface area contributed by atoms with Gasteiger partial charge in [0, 0.05) is 18.7 Å². The van der Waals surface area contributed by atoms with Gasteiger partial charge in [-0.15, -0.1) is 0 Å². The predicted octanol–water partition coefficient (Wildman–Crippen LogP) is -0.657. The van der Waals surface area contributed by atoms with Crippen LogP contribution in [0.3, 0.4) is 0 Å². The van der Waals surface area contributed by atoms with Gasteiger partial charge in [0.2, 0.25) is 0 Å². The van der Waals surface area contributed by atoms with Crippen molar-refractivity contribution in [3.8, 4) is 0 Å². The molecule has 1 aromatic heterocycles. The Bertz CT molecular complexity index is 580. The quantitative estimate of drug-likeness (QED) is 0.658. The van der Waals surface area contributed by atoms with Crippen LogP contribution in [0.1, 0.15) is 22.5 Å². The Morgan fingerprint density at radius 3 is 2.68 bits per heavy atom. The molecule has 0 radical (unpaired) electrons. The number of likely N-dealkylation sites (tertiary alicyclic amines) is 1. The van der Waals surface area contributed by atoms with E-state index in [-0.39, 0.29) is 18.5 Å². The van der Waals surface area contributed by atoms with E-state index in [0.29, 0.717) is 5.69 Å². The average molecular weight is 266 g/mol. The molecule has 1 aliphatic heterocycles. The molecule has 19 heavy (non-hydrogen) atoms. The van der Waals surface area contributed by atoms with Crippen LogP contribution in [0.2, 0.25) is 0 Å². The third-order valence-electron chi connectivity index (χ3n) is 3.11. The number of rotatable bonds is 2. The smallest absolute Gasteiger partial charge is 0.326 e. The molecule has 1 saturated heterocycles. The minimum Gasteiger partial charge on any atom is -0.480 e. The molecule has 1 fully saturated rings. The van der Waals surface area contributed by atoms with Crippen molar-refractivity contribution in [1.29, 1.82) is 0 Å². The lowest BCUT2D eigenvalue weighted by molar-refractivity contribution is -0.141. The molecule has 1 aliphatic rings. The molecule has 7 heteroatoms. The predicted molar refractivity (Wildman–Crippen MR) is 64.9 cm³/mol. The van der Waals surface area contributed by atoms with E-state index in [2.05, 4.69) is 4.98 Å². The Kier molecular flexibility index (Phi) is 3.39. The maximum Gasteiger partial charge on any atom is 0.326 e. The zero-order valence-corrected chi connectivity index (χ0v) is 10.3. The van der Waals surface area contributed by atoms with Crippen LogP contribution >= 0.6 is 0 Å². The molecule has 0 saturated carbocycles. The number of carbonyl (C=O) groups is 2. The molecule has 0 aromatic carbocycles. The maximum atomic E-state index is 12.2. The summed E-state index contributed by atoms with van der Waals surface area (Å²) in [6.45, 7) is 1.60. The van der Waals surface area contributed by atoms with Crippen LogP contribution in [-0.2, 0) is 4.79 Å². The number of aromatic nitrogens is 1. The van der Waals surface area contributed by atoms with Crippen LogP contribution in [-0.4, -0.2) is 50.7 Å². The number of carbonyl (C=O) groups excluding carboxylic acids is 1. The first-order valence-corrected chi connectivity index (χ1v) is 5.82. The van der Waals surface area contributed by atoms with E-state index in [1.807, 2.05) is 0 Å².